The molecule has 2 aromatic carbocycles. The zero-order valence-corrected chi connectivity index (χ0v) is 17.6. The first-order chi connectivity index (χ1) is 13.9. The highest BCUT2D eigenvalue weighted by molar-refractivity contribution is 7.18. The lowest BCUT2D eigenvalue weighted by Gasteiger charge is -2.14. The van der Waals surface area contributed by atoms with E-state index in [-0.39, 0.29) is 0 Å². The van der Waals surface area contributed by atoms with Gasteiger partial charge in [0, 0.05) is 12.1 Å². The van der Waals surface area contributed by atoms with E-state index in [1.54, 1.807) is 24.5 Å². The van der Waals surface area contributed by atoms with Crippen LogP contribution < -0.4 is 14.8 Å². The molecule has 1 N–H and O–H groups in total. The Bertz CT molecular complexity index is 1210. The number of nitrogens with one attached hydrogen (secondary N) is 1. The van der Waals surface area contributed by atoms with Gasteiger partial charge in [-0.15, -0.1) is 11.3 Å². The summed E-state index contributed by atoms with van der Waals surface area (Å²) in [6, 6.07) is 13.5. The first-order valence-electron chi connectivity index (χ1n) is 9.20. The van der Waals surface area contributed by atoms with Crippen molar-refractivity contribution in [2.24, 2.45) is 0 Å². The molecule has 0 atom stereocenters. The van der Waals surface area contributed by atoms with Gasteiger partial charge in [-0.1, -0.05) is 18.7 Å². The van der Waals surface area contributed by atoms with Crippen molar-refractivity contribution >= 4 is 32.9 Å². The maximum Gasteiger partial charge on any atom is 0.290 e. The molecule has 0 saturated carbocycles. The van der Waals surface area contributed by atoms with Crippen molar-refractivity contribution in [1.29, 1.82) is 0 Å². The zero-order chi connectivity index (χ0) is 20.5. The highest BCUT2D eigenvalue weighted by Gasteiger charge is 2.13. The van der Waals surface area contributed by atoms with Gasteiger partial charge in [0.15, 0.2) is 5.76 Å². The van der Waals surface area contributed by atoms with Crippen LogP contribution in [-0.2, 0) is 0 Å². The molecule has 0 saturated heterocycles. The Hall–Kier alpha value is -3.25. The van der Waals surface area contributed by atoms with Crippen molar-refractivity contribution in [2.45, 2.75) is 20.8 Å². The second-order valence-corrected chi connectivity index (χ2v) is 8.03. The third-order valence-corrected chi connectivity index (χ3v) is 5.55. The van der Waals surface area contributed by atoms with E-state index < -0.39 is 0 Å². The molecule has 0 unspecified atom stereocenters. The number of thiazole rings is 1. The van der Waals surface area contributed by atoms with Crippen LogP contribution in [0.3, 0.4) is 0 Å². The topological polar surface area (TPSA) is 56.5 Å². The summed E-state index contributed by atoms with van der Waals surface area (Å²) in [5.41, 5.74) is 4.53. The number of nitrogens with zero attached hydrogens (tertiary/aromatic N) is 1. The van der Waals surface area contributed by atoms with Crippen LogP contribution >= 0.6 is 11.3 Å². The summed E-state index contributed by atoms with van der Waals surface area (Å²) in [7, 11) is 1.64. The summed E-state index contributed by atoms with van der Waals surface area (Å²) in [5, 5.41) is 4.32. The van der Waals surface area contributed by atoms with Crippen LogP contribution in [0.25, 0.3) is 15.9 Å². The molecule has 0 fully saturated rings. The van der Waals surface area contributed by atoms with Crippen molar-refractivity contribution in [1.82, 2.24) is 4.98 Å². The second-order valence-electron chi connectivity index (χ2n) is 6.79. The molecule has 0 radical (unpaired) electrons. The fraction of sp³-hybridized carbons (Fsp3) is 0.174. The van der Waals surface area contributed by atoms with Gasteiger partial charge in [-0.25, -0.2) is 4.98 Å². The molecule has 0 aliphatic rings. The molecule has 0 aliphatic heterocycles. The number of fused-ring (bicyclic) bond motifs is 1. The van der Waals surface area contributed by atoms with Crippen molar-refractivity contribution in [2.75, 3.05) is 12.4 Å². The maximum atomic E-state index is 5.99. The molecule has 4 aromatic rings. The first kappa shape index (κ1) is 19.1. The van der Waals surface area contributed by atoms with E-state index in [0.29, 0.717) is 17.4 Å². The van der Waals surface area contributed by atoms with E-state index in [4.69, 9.17) is 13.9 Å². The van der Waals surface area contributed by atoms with Crippen molar-refractivity contribution in [3.05, 3.63) is 70.9 Å². The third-order valence-electron chi connectivity index (χ3n) is 4.61. The van der Waals surface area contributed by atoms with E-state index in [1.165, 1.54) is 0 Å². The number of benzene rings is 2. The number of para-hydroxylation sites is 1. The van der Waals surface area contributed by atoms with Gasteiger partial charge in [-0.2, -0.15) is 0 Å². The van der Waals surface area contributed by atoms with Crippen LogP contribution in [0.2, 0.25) is 0 Å². The van der Waals surface area contributed by atoms with Crippen LogP contribution in [0.5, 0.6) is 17.4 Å². The minimum absolute atomic E-state index is 0.406. The van der Waals surface area contributed by atoms with Gasteiger partial charge in [-0.05, 0) is 50.1 Å². The molecule has 0 bridgehead atoms. The molecular weight excluding hydrogens is 384 g/mol. The highest BCUT2D eigenvalue weighted by atomic mass is 32.1. The van der Waals surface area contributed by atoms with Crippen LogP contribution in [0.15, 0.2) is 53.5 Å². The number of ether oxygens (including phenoxy) is 2. The van der Waals surface area contributed by atoms with Gasteiger partial charge in [-0.3, -0.25) is 0 Å². The molecule has 4 rings (SSSR count). The van der Waals surface area contributed by atoms with E-state index in [1.807, 2.05) is 57.2 Å². The van der Waals surface area contributed by atoms with Gasteiger partial charge in [0.1, 0.15) is 11.5 Å². The Morgan fingerprint density at radius 1 is 1.07 bits per heavy atom. The summed E-state index contributed by atoms with van der Waals surface area (Å²) >= 11 is 1.64. The normalized spacial score (nSPS) is 10.9. The van der Waals surface area contributed by atoms with E-state index >= 15 is 0 Å². The molecule has 2 heterocycles. The number of hydrogen-bond acceptors (Lipinski definition) is 6. The Labute approximate surface area is 173 Å². The van der Waals surface area contributed by atoms with Crippen LogP contribution in [-0.4, -0.2) is 12.1 Å². The van der Waals surface area contributed by atoms with Crippen LogP contribution in [0.1, 0.15) is 21.9 Å². The predicted octanol–water partition coefficient (Wildman–Crippen LogP) is 6.70. The quantitative estimate of drug-likeness (QED) is 0.386. The molecule has 0 aliphatic carbocycles. The second kappa shape index (κ2) is 7.64. The Balaban J connectivity index is 1.54. The predicted molar refractivity (Wildman–Crippen MR) is 118 cm³/mol. The van der Waals surface area contributed by atoms with Gasteiger partial charge < -0.3 is 19.2 Å². The van der Waals surface area contributed by atoms with Crippen molar-refractivity contribution < 1.29 is 13.9 Å². The van der Waals surface area contributed by atoms with Crippen LogP contribution in [0, 0.1) is 20.8 Å². The Morgan fingerprint density at radius 3 is 2.69 bits per heavy atom. The number of anilines is 1. The maximum absolute atomic E-state index is 5.99. The molecule has 148 valence electrons. The first-order valence-corrected chi connectivity index (χ1v) is 10.0. The minimum Gasteiger partial charge on any atom is -0.495 e. The lowest BCUT2D eigenvalue weighted by Crippen LogP contribution is -2.00. The standard InChI is InChI=1S/C23H22N2O3S/c1-13-7-6-8-19(26-5)23(13)24-15(3)18-9-10-22(27-18)28-20-12-21-17(11-14(20)2)25-16(4)29-21/h6-12,24H,3H2,1-2,4-5H3. The lowest BCUT2D eigenvalue weighted by atomic mass is 10.1. The number of rotatable bonds is 6. The third kappa shape index (κ3) is 3.84. The van der Waals surface area contributed by atoms with Gasteiger partial charge in [0.2, 0.25) is 0 Å². The molecular formula is C23H22N2O3S. The number of furan rings is 1. The minimum atomic E-state index is 0.406. The Morgan fingerprint density at radius 2 is 1.90 bits per heavy atom. The summed E-state index contributed by atoms with van der Waals surface area (Å²) in [5.74, 6) is 2.50. The average Bonchev–Trinajstić information content (AvgIpc) is 3.29. The molecule has 5 nitrogen and oxygen atoms in total. The van der Waals surface area contributed by atoms with E-state index in [0.717, 1.165) is 43.5 Å². The number of aryl methyl sites for hydroxylation is 3. The number of methoxy groups -OCH3 is 1. The summed E-state index contributed by atoms with van der Waals surface area (Å²) in [6.07, 6.45) is 0. The highest BCUT2D eigenvalue weighted by Crippen LogP contribution is 2.35. The van der Waals surface area contributed by atoms with E-state index in [9.17, 15) is 0 Å². The average molecular weight is 407 g/mol. The number of aromatic nitrogens is 1. The van der Waals surface area contributed by atoms with Crippen molar-refractivity contribution in [3.8, 4) is 17.4 Å². The monoisotopic (exact) mass is 406 g/mol. The summed E-state index contributed by atoms with van der Waals surface area (Å²) < 4.78 is 18.4. The molecule has 29 heavy (non-hydrogen) atoms. The van der Waals surface area contributed by atoms with Crippen molar-refractivity contribution in [3.63, 3.8) is 0 Å². The molecule has 0 spiro atoms. The Kier molecular flexibility index (Phi) is 5.03. The van der Waals surface area contributed by atoms with Gasteiger partial charge in [0.05, 0.1) is 33.7 Å². The zero-order valence-electron chi connectivity index (χ0n) is 16.8. The largest absolute Gasteiger partial charge is 0.495 e. The molecule has 0 amide bonds. The summed E-state index contributed by atoms with van der Waals surface area (Å²) in [6.45, 7) is 10.1. The fourth-order valence-corrected chi connectivity index (χ4v) is 3.95. The lowest BCUT2D eigenvalue weighted by molar-refractivity contribution is 0.342. The SMILES string of the molecule is C=C(Nc1c(C)cccc1OC)c1ccc(Oc2cc3sc(C)nc3cc2C)o1. The fourth-order valence-electron chi connectivity index (χ4n) is 3.11. The van der Waals surface area contributed by atoms with Gasteiger partial charge in [0.25, 0.3) is 5.95 Å². The summed E-state index contributed by atoms with van der Waals surface area (Å²) in [4.78, 5) is 4.52. The molecule has 6 heteroatoms. The molecule has 2 aromatic heterocycles. The van der Waals surface area contributed by atoms with E-state index in [2.05, 4.69) is 16.9 Å². The van der Waals surface area contributed by atoms with Crippen LogP contribution in [0.4, 0.5) is 5.69 Å². The number of hydrogen-bond donors (Lipinski definition) is 1. The van der Waals surface area contributed by atoms with Gasteiger partial charge >= 0.3 is 0 Å². The smallest absolute Gasteiger partial charge is 0.290 e.